The Labute approximate surface area is 177 Å². The standard InChI is InChI=1S/C24H30N2O4/c25-23(28)24(10-4-11-24)30-22(27)20-7-6-19-17-21(9-8-18(19)16-20)29-15-5-14-26-12-2-1-3-13-26/h6-9,16-17H,1-5,10-15H2,(H2,25,28). The molecule has 0 atom stereocenters. The van der Waals surface area contributed by atoms with Gasteiger partial charge in [0.15, 0.2) is 5.60 Å². The summed E-state index contributed by atoms with van der Waals surface area (Å²) >= 11 is 0. The summed E-state index contributed by atoms with van der Waals surface area (Å²) in [5.41, 5.74) is 4.72. The number of benzene rings is 2. The maximum atomic E-state index is 12.5. The van der Waals surface area contributed by atoms with E-state index >= 15 is 0 Å². The fourth-order valence-corrected chi connectivity index (χ4v) is 4.23. The highest BCUT2D eigenvalue weighted by Gasteiger charge is 2.46. The van der Waals surface area contributed by atoms with Crippen LogP contribution in [0.1, 0.15) is 55.3 Å². The van der Waals surface area contributed by atoms with Crippen LogP contribution >= 0.6 is 0 Å². The number of hydrogen-bond acceptors (Lipinski definition) is 5. The largest absolute Gasteiger partial charge is 0.494 e. The molecule has 2 N–H and O–H groups in total. The van der Waals surface area contributed by atoms with E-state index in [9.17, 15) is 9.59 Å². The van der Waals surface area contributed by atoms with Crippen LogP contribution in [-0.2, 0) is 9.53 Å². The van der Waals surface area contributed by atoms with E-state index < -0.39 is 17.5 Å². The van der Waals surface area contributed by atoms with E-state index in [1.807, 2.05) is 24.3 Å². The van der Waals surface area contributed by atoms with Crippen LogP contribution in [0, 0.1) is 0 Å². The van der Waals surface area contributed by atoms with Gasteiger partial charge in [-0.25, -0.2) is 4.79 Å². The van der Waals surface area contributed by atoms with Crippen molar-refractivity contribution < 1.29 is 19.1 Å². The molecule has 2 fully saturated rings. The molecule has 1 amide bonds. The van der Waals surface area contributed by atoms with Crippen molar-refractivity contribution in [2.24, 2.45) is 5.73 Å². The van der Waals surface area contributed by atoms with Gasteiger partial charge >= 0.3 is 5.97 Å². The van der Waals surface area contributed by atoms with E-state index in [2.05, 4.69) is 4.90 Å². The zero-order chi connectivity index (χ0) is 21.0. The molecule has 0 unspecified atom stereocenters. The number of piperidine rings is 1. The van der Waals surface area contributed by atoms with Crippen LogP contribution in [0.3, 0.4) is 0 Å². The number of primary amides is 1. The van der Waals surface area contributed by atoms with Gasteiger partial charge in [0.25, 0.3) is 5.91 Å². The number of carbonyl (C=O) groups excluding carboxylic acids is 2. The number of hydrogen-bond donors (Lipinski definition) is 1. The summed E-state index contributed by atoms with van der Waals surface area (Å²) in [7, 11) is 0. The summed E-state index contributed by atoms with van der Waals surface area (Å²) in [5, 5.41) is 1.92. The third-order valence-corrected chi connectivity index (χ3v) is 6.28. The first-order valence-corrected chi connectivity index (χ1v) is 11.0. The highest BCUT2D eigenvalue weighted by molar-refractivity contribution is 5.98. The van der Waals surface area contributed by atoms with Gasteiger partial charge in [0.2, 0.25) is 0 Å². The SMILES string of the molecule is NC(=O)C1(OC(=O)c2ccc3cc(OCCCN4CCCCC4)ccc3c2)CCC1. The number of fused-ring (bicyclic) bond motifs is 1. The molecule has 2 aromatic carbocycles. The van der Waals surface area contributed by atoms with E-state index in [0.717, 1.165) is 35.9 Å². The normalized spacial score (nSPS) is 18.5. The number of nitrogens with two attached hydrogens (primary N) is 1. The number of ether oxygens (including phenoxy) is 2. The fourth-order valence-electron chi connectivity index (χ4n) is 4.23. The van der Waals surface area contributed by atoms with E-state index in [1.54, 1.807) is 12.1 Å². The molecular formula is C24H30N2O4. The van der Waals surface area contributed by atoms with Gasteiger partial charge in [0.1, 0.15) is 5.75 Å². The Morgan fingerprint density at radius 1 is 0.967 bits per heavy atom. The van der Waals surface area contributed by atoms with Gasteiger partial charge < -0.3 is 20.1 Å². The zero-order valence-electron chi connectivity index (χ0n) is 17.4. The first kappa shape index (κ1) is 20.7. The molecule has 0 radical (unpaired) electrons. The average molecular weight is 411 g/mol. The third kappa shape index (κ3) is 4.59. The Morgan fingerprint density at radius 3 is 2.40 bits per heavy atom. The fraction of sp³-hybridized carbons (Fsp3) is 0.500. The molecule has 1 aliphatic heterocycles. The predicted molar refractivity (Wildman–Crippen MR) is 116 cm³/mol. The number of nitrogens with zero attached hydrogens (tertiary/aromatic N) is 1. The topological polar surface area (TPSA) is 81.9 Å². The van der Waals surface area contributed by atoms with Crippen LogP contribution in [0.2, 0.25) is 0 Å². The van der Waals surface area contributed by atoms with Crippen LogP contribution in [-0.4, -0.2) is 48.6 Å². The first-order chi connectivity index (χ1) is 14.6. The number of likely N-dealkylation sites (tertiary alicyclic amines) is 1. The predicted octanol–water partition coefficient (Wildman–Crippen LogP) is 3.66. The minimum absolute atomic E-state index is 0.422. The summed E-state index contributed by atoms with van der Waals surface area (Å²) in [5.74, 6) is -0.239. The summed E-state index contributed by atoms with van der Waals surface area (Å²) in [6.45, 7) is 4.20. The van der Waals surface area contributed by atoms with Gasteiger partial charge in [-0.05, 0) is 86.7 Å². The van der Waals surface area contributed by atoms with Crippen molar-refractivity contribution in [2.75, 3.05) is 26.2 Å². The van der Waals surface area contributed by atoms with Crippen LogP contribution in [0.5, 0.6) is 5.75 Å². The van der Waals surface area contributed by atoms with Crippen LogP contribution in [0.15, 0.2) is 36.4 Å². The third-order valence-electron chi connectivity index (χ3n) is 6.28. The van der Waals surface area contributed by atoms with Gasteiger partial charge in [-0.15, -0.1) is 0 Å². The molecule has 2 aliphatic rings. The Bertz CT molecular complexity index is 917. The van der Waals surface area contributed by atoms with Gasteiger partial charge in [0, 0.05) is 6.54 Å². The Morgan fingerprint density at radius 2 is 1.70 bits per heavy atom. The summed E-state index contributed by atoms with van der Waals surface area (Å²) in [6.07, 6.45) is 6.84. The van der Waals surface area contributed by atoms with E-state index in [0.29, 0.717) is 25.0 Å². The molecule has 0 aromatic heterocycles. The number of amides is 1. The lowest BCUT2D eigenvalue weighted by Gasteiger charge is -2.37. The van der Waals surface area contributed by atoms with Gasteiger partial charge in [0.05, 0.1) is 12.2 Å². The van der Waals surface area contributed by atoms with Crippen molar-refractivity contribution in [1.82, 2.24) is 4.90 Å². The lowest BCUT2D eigenvalue weighted by molar-refractivity contribution is -0.146. The molecule has 1 saturated carbocycles. The number of esters is 1. The van der Waals surface area contributed by atoms with Gasteiger partial charge in [-0.1, -0.05) is 18.6 Å². The molecule has 0 spiro atoms. The second-order valence-corrected chi connectivity index (χ2v) is 8.43. The van der Waals surface area contributed by atoms with Gasteiger partial charge in [-0.2, -0.15) is 0 Å². The van der Waals surface area contributed by atoms with Crippen molar-refractivity contribution in [3.05, 3.63) is 42.0 Å². The quantitative estimate of drug-likeness (QED) is 0.531. The van der Waals surface area contributed by atoms with Crippen molar-refractivity contribution in [3.63, 3.8) is 0 Å². The van der Waals surface area contributed by atoms with Crippen LogP contribution < -0.4 is 10.5 Å². The molecule has 1 heterocycles. The maximum Gasteiger partial charge on any atom is 0.339 e. The Balaban J connectivity index is 1.34. The molecular weight excluding hydrogens is 380 g/mol. The van der Waals surface area contributed by atoms with E-state index in [-0.39, 0.29) is 0 Å². The molecule has 4 rings (SSSR count). The molecule has 160 valence electrons. The zero-order valence-corrected chi connectivity index (χ0v) is 17.4. The monoisotopic (exact) mass is 410 g/mol. The highest BCUT2D eigenvalue weighted by atomic mass is 16.6. The summed E-state index contributed by atoms with van der Waals surface area (Å²) < 4.78 is 11.4. The summed E-state index contributed by atoms with van der Waals surface area (Å²) in [4.78, 5) is 26.7. The molecule has 1 saturated heterocycles. The van der Waals surface area contributed by atoms with Gasteiger partial charge in [-0.3, -0.25) is 4.79 Å². The molecule has 2 aromatic rings. The molecule has 6 nitrogen and oxygen atoms in total. The molecule has 6 heteroatoms. The molecule has 30 heavy (non-hydrogen) atoms. The minimum Gasteiger partial charge on any atom is -0.494 e. The van der Waals surface area contributed by atoms with Crippen molar-refractivity contribution in [1.29, 1.82) is 0 Å². The minimum atomic E-state index is -1.13. The maximum absolute atomic E-state index is 12.5. The van der Waals surface area contributed by atoms with E-state index in [4.69, 9.17) is 15.2 Å². The van der Waals surface area contributed by atoms with Crippen LogP contribution in [0.4, 0.5) is 0 Å². The first-order valence-electron chi connectivity index (χ1n) is 11.0. The average Bonchev–Trinajstić information content (AvgIpc) is 2.73. The second kappa shape index (κ2) is 9.04. The van der Waals surface area contributed by atoms with Crippen LogP contribution in [0.25, 0.3) is 10.8 Å². The van der Waals surface area contributed by atoms with Crippen molar-refractivity contribution in [3.8, 4) is 5.75 Å². The Hall–Kier alpha value is -2.60. The van der Waals surface area contributed by atoms with E-state index in [1.165, 1.54) is 32.4 Å². The van der Waals surface area contributed by atoms with Crippen molar-refractivity contribution >= 4 is 22.6 Å². The van der Waals surface area contributed by atoms with Crippen molar-refractivity contribution in [2.45, 2.75) is 50.5 Å². The number of rotatable bonds is 8. The lowest BCUT2D eigenvalue weighted by atomic mass is 9.79. The lowest BCUT2D eigenvalue weighted by Crippen LogP contribution is -2.52. The second-order valence-electron chi connectivity index (χ2n) is 8.43. The molecule has 0 bridgehead atoms. The summed E-state index contributed by atoms with van der Waals surface area (Å²) in [6, 6.07) is 11.2. The Kier molecular flexibility index (Phi) is 6.23. The molecule has 1 aliphatic carbocycles. The number of carbonyl (C=O) groups is 2. The smallest absolute Gasteiger partial charge is 0.339 e. The highest BCUT2D eigenvalue weighted by Crippen LogP contribution is 2.36.